The number of carbonyl (C=O) groups is 2. The van der Waals surface area contributed by atoms with Crippen LogP contribution in [0.3, 0.4) is 0 Å². The van der Waals surface area contributed by atoms with Crippen LogP contribution >= 0.6 is 0 Å². The van der Waals surface area contributed by atoms with E-state index in [0.29, 0.717) is 18.5 Å². The molecule has 0 bridgehead atoms. The number of piperidine rings is 1. The Labute approximate surface area is 166 Å². The summed E-state index contributed by atoms with van der Waals surface area (Å²) in [7, 11) is 0. The number of carbonyl (C=O) groups excluding carboxylic acids is 2. The Balaban J connectivity index is 1.56. The van der Waals surface area contributed by atoms with Crippen LogP contribution in [-0.4, -0.2) is 31.1 Å². The Bertz CT molecular complexity index is 866. The van der Waals surface area contributed by atoms with Crippen LogP contribution in [0.1, 0.15) is 35.2 Å². The Morgan fingerprint density at radius 3 is 2.55 bits per heavy atom. The lowest BCUT2D eigenvalue weighted by molar-refractivity contribution is -0.153. The maximum Gasteiger partial charge on any atom is 0.422 e. The normalized spacial score (nSPS) is 14.6. The molecule has 0 spiro atoms. The van der Waals surface area contributed by atoms with Crippen molar-refractivity contribution in [3.63, 3.8) is 0 Å². The minimum atomic E-state index is -4.41. The average molecular weight is 406 g/mol. The largest absolute Gasteiger partial charge is 0.484 e. The van der Waals surface area contributed by atoms with Crippen LogP contribution in [0.2, 0.25) is 0 Å². The van der Waals surface area contributed by atoms with Gasteiger partial charge in [0.2, 0.25) is 5.91 Å². The predicted octanol–water partition coefficient (Wildman–Crippen LogP) is 4.07. The fourth-order valence-electron chi connectivity index (χ4n) is 3.07. The number of amides is 2. The van der Waals surface area contributed by atoms with E-state index in [2.05, 4.69) is 10.1 Å². The fourth-order valence-corrected chi connectivity index (χ4v) is 3.07. The molecule has 0 radical (unpaired) electrons. The number of halogens is 3. The molecule has 5 nitrogen and oxygen atoms in total. The summed E-state index contributed by atoms with van der Waals surface area (Å²) in [5.74, 6) is -0.213. The molecule has 3 rings (SSSR count). The molecule has 1 fully saturated rings. The average Bonchev–Trinajstić information content (AvgIpc) is 2.71. The molecule has 1 aliphatic rings. The van der Waals surface area contributed by atoms with Crippen molar-refractivity contribution in [3.05, 3.63) is 59.7 Å². The van der Waals surface area contributed by atoms with E-state index in [1.807, 2.05) is 24.3 Å². The molecule has 1 N–H and O–H groups in total. The van der Waals surface area contributed by atoms with Crippen molar-refractivity contribution in [1.29, 1.82) is 0 Å². The third kappa shape index (κ3) is 5.97. The lowest BCUT2D eigenvalue weighted by atomic mass is 10.1. The second kappa shape index (κ2) is 8.98. The van der Waals surface area contributed by atoms with Crippen molar-refractivity contribution < 1.29 is 27.5 Å². The van der Waals surface area contributed by atoms with Gasteiger partial charge in [0, 0.05) is 30.8 Å². The minimum absolute atomic E-state index is 0.0396. The first-order valence-corrected chi connectivity index (χ1v) is 9.29. The van der Waals surface area contributed by atoms with Gasteiger partial charge in [-0.25, -0.2) is 0 Å². The van der Waals surface area contributed by atoms with Gasteiger partial charge in [0.05, 0.1) is 0 Å². The predicted molar refractivity (Wildman–Crippen MR) is 102 cm³/mol. The molecule has 8 heteroatoms. The number of anilines is 1. The summed E-state index contributed by atoms with van der Waals surface area (Å²) >= 11 is 0. The lowest BCUT2D eigenvalue weighted by Gasteiger charge is -2.27. The molecular formula is C21H21F3N2O3. The highest BCUT2D eigenvalue weighted by atomic mass is 19.4. The molecule has 0 saturated carbocycles. The summed E-state index contributed by atoms with van der Waals surface area (Å²) in [5, 5.41) is 2.77. The van der Waals surface area contributed by atoms with E-state index in [1.54, 1.807) is 4.90 Å². The number of alkyl halides is 3. The number of nitrogens with zero attached hydrogens (tertiary/aromatic N) is 1. The first-order chi connectivity index (χ1) is 13.8. The number of rotatable bonds is 6. The van der Waals surface area contributed by atoms with Gasteiger partial charge in [-0.15, -0.1) is 0 Å². The number of ether oxygens (including phenoxy) is 1. The van der Waals surface area contributed by atoms with Crippen molar-refractivity contribution in [2.75, 3.05) is 18.1 Å². The summed E-state index contributed by atoms with van der Waals surface area (Å²) in [5.41, 5.74) is 1.97. The quantitative estimate of drug-likeness (QED) is 0.787. The standard InChI is InChI=1S/C21H21F3N2O3/c22-21(23,24)14-29-18-9-7-16(8-10-18)20(28)25-13-15-4-3-5-17(12-15)26-11-2-1-6-19(26)27/h3-5,7-10,12H,1-2,6,11,13-14H2,(H,25,28). The van der Waals surface area contributed by atoms with Gasteiger partial charge in [-0.1, -0.05) is 12.1 Å². The molecule has 0 aromatic heterocycles. The minimum Gasteiger partial charge on any atom is -0.484 e. The van der Waals surface area contributed by atoms with Crippen molar-refractivity contribution in [2.24, 2.45) is 0 Å². The SMILES string of the molecule is O=C(NCc1cccc(N2CCCCC2=O)c1)c1ccc(OCC(F)(F)F)cc1. The van der Waals surface area contributed by atoms with Gasteiger partial charge in [-0.3, -0.25) is 9.59 Å². The van der Waals surface area contributed by atoms with Gasteiger partial charge in [0.25, 0.3) is 5.91 Å². The first-order valence-electron chi connectivity index (χ1n) is 9.29. The van der Waals surface area contributed by atoms with E-state index in [0.717, 1.165) is 24.1 Å². The summed E-state index contributed by atoms with van der Waals surface area (Å²) in [6, 6.07) is 12.9. The van der Waals surface area contributed by atoms with E-state index in [4.69, 9.17) is 0 Å². The molecule has 29 heavy (non-hydrogen) atoms. The number of nitrogens with one attached hydrogen (secondary N) is 1. The number of hydrogen-bond acceptors (Lipinski definition) is 3. The van der Waals surface area contributed by atoms with Crippen molar-refractivity contribution >= 4 is 17.5 Å². The molecule has 2 aromatic carbocycles. The lowest BCUT2D eigenvalue weighted by Crippen LogP contribution is -2.35. The van der Waals surface area contributed by atoms with E-state index in [1.165, 1.54) is 24.3 Å². The summed E-state index contributed by atoms with van der Waals surface area (Å²) < 4.78 is 41.1. The maximum absolute atomic E-state index is 12.3. The van der Waals surface area contributed by atoms with E-state index >= 15 is 0 Å². The van der Waals surface area contributed by atoms with Crippen LogP contribution in [0.5, 0.6) is 5.75 Å². The molecule has 0 unspecified atom stereocenters. The van der Waals surface area contributed by atoms with Crippen molar-refractivity contribution in [1.82, 2.24) is 5.32 Å². The summed E-state index contributed by atoms with van der Waals surface area (Å²) in [6.07, 6.45) is -1.99. The van der Waals surface area contributed by atoms with Crippen molar-refractivity contribution in [2.45, 2.75) is 32.0 Å². The van der Waals surface area contributed by atoms with Gasteiger partial charge >= 0.3 is 6.18 Å². The second-order valence-electron chi connectivity index (χ2n) is 6.78. The Hall–Kier alpha value is -3.03. The topological polar surface area (TPSA) is 58.6 Å². The molecular weight excluding hydrogens is 385 g/mol. The van der Waals surface area contributed by atoms with E-state index < -0.39 is 12.8 Å². The molecule has 1 heterocycles. The molecule has 1 aliphatic heterocycles. The molecule has 1 saturated heterocycles. The first kappa shape index (κ1) is 20.7. The molecule has 2 aromatic rings. The zero-order valence-corrected chi connectivity index (χ0v) is 15.7. The highest BCUT2D eigenvalue weighted by molar-refractivity contribution is 5.95. The number of hydrogen-bond donors (Lipinski definition) is 1. The Morgan fingerprint density at radius 1 is 1.10 bits per heavy atom. The van der Waals surface area contributed by atoms with Crippen LogP contribution in [-0.2, 0) is 11.3 Å². The third-order valence-corrected chi connectivity index (χ3v) is 4.52. The van der Waals surface area contributed by atoms with E-state index in [9.17, 15) is 22.8 Å². The number of benzene rings is 2. The summed E-state index contributed by atoms with van der Waals surface area (Å²) in [6.45, 7) is -0.424. The summed E-state index contributed by atoms with van der Waals surface area (Å²) in [4.78, 5) is 26.1. The second-order valence-corrected chi connectivity index (χ2v) is 6.78. The highest BCUT2D eigenvalue weighted by Crippen LogP contribution is 2.22. The molecule has 154 valence electrons. The van der Waals surface area contributed by atoms with Crippen molar-refractivity contribution in [3.8, 4) is 5.75 Å². The zero-order chi connectivity index (χ0) is 20.9. The molecule has 0 aliphatic carbocycles. The van der Waals surface area contributed by atoms with Gasteiger partial charge < -0.3 is 15.0 Å². The maximum atomic E-state index is 12.3. The highest BCUT2D eigenvalue weighted by Gasteiger charge is 2.28. The van der Waals surface area contributed by atoms with Gasteiger partial charge in [0.1, 0.15) is 5.75 Å². The van der Waals surface area contributed by atoms with Gasteiger partial charge in [0.15, 0.2) is 6.61 Å². The van der Waals surface area contributed by atoms with E-state index in [-0.39, 0.29) is 24.1 Å². The van der Waals surface area contributed by atoms with Crippen LogP contribution < -0.4 is 15.0 Å². The zero-order valence-electron chi connectivity index (χ0n) is 15.7. The Morgan fingerprint density at radius 2 is 1.86 bits per heavy atom. The van der Waals surface area contributed by atoms with Gasteiger partial charge in [-0.05, 0) is 54.8 Å². The molecule has 0 atom stereocenters. The fraction of sp³-hybridized carbons (Fsp3) is 0.333. The monoisotopic (exact) mass is 406 g/mol. The molecule has 2 amide bonds. The van der Waals surface area contributed by atoms with Crippen LogP contribution in [0.25, 0.3) is 0 Å². The third-order valence-electron chi connectivity index (χ3n) is 4.52. The smallest absolute Gasteiger partial charge is 0.422 e. The van der Waals surface area contributed by atoms with Crippen LogP contribution in [0.4, 0.5) is 18.9 Å². The van der Waals surface area contributed by atoms with Crippen LogP contribution in [0.15, 0.2) is 48.5 Å². The van der Waals surface area contributed by atoms with Gasteiger partial charge in [-0.2, -0.15) is 13.2 Å². The Kier molecular flexibility index (Phi) is 6.41. The van der Waals surface area contributed by atoms with Crippen LogP contribution in [0, 0.1) is 0 Å².